The number of nitrogens with zero attached hydrogens (tertiary/aromatic N) is 1. The van der Waals surface area contributed by atoms with Crippen LogP contribution in [0.1, 0.15) is 25.8 Å². The first-order valence-electron chi connectivity index (χ1n) is 4.55. The molecule has 0 bridgehead atoms. The molecule has 0 aliphatic heterocycles. The zero-order valence-electron chi connectivity index (χ0n) is 8.05. The first-order chi connectivity index (χ1) is 6.22. The topological polar surface area (TPSA) is 24.9 Å². The Balaban J connectivity index is 2.45. The Hall–Kier alpha value is -0.960. The maximum Gasteiger partial charge on any atom is 0.141 e. The highest BCUT2D eigenvalue weighted by molar-refractivity contribution is 5.09. The Bertz CT molecular complexity index is 263. The fourth-order valence-corrected chi connectivity index (χ4v) is 0.989. The van der Waals surface area contributed by atoms with E-state index in [4.69, 9.17) is 0 Å². The van der Waals surface area contributed by atoms with Gasteiger partial charge in [-0.25, -0.2) is 4.39 Å². The SMILES string of the molecule is CCC(C)NCc1cncc(F)c1. The van der Waals surface area contributed by atoms with E-state index in [0.717, 1.165) is 12.0 Å². The second-order valence-electron chi connectivity index (χ2n) is 3.20. The number of hydrogen-bond acceptors (Lipinski definition) is 2. The molecule has 0 spiro atoms. The number of pyridine rings is 1. The minimum Gasteiger partial charge on any atom is -0.310 e. The van der Waals surface area contributed by atoms with Crippen LogP contribution in [0.5, 0.6) is 0 Å². The van der Waals surface area contributed by atoms with Gasteiger partial charge in [0.15, 0.2) is 0 Å². The van der Waals surface area contributed by atoms with Gasteiger partial charge in [0.2, 0.25) is 0 Å². The molecule has 13 heavy (non-hydrogen) atoms. The molecule has 0 fully saturated rings. The van der Waals surface area contributed by atoms with Crippen LogP contribution < -0.4 is 5.32 Å². The number of nitrogens with one attached hydrogen (secondary N) is 1. The highest BCUT2D eigenvalue weighted by Gasteiger charge is 1.99. The summed E-state index contributed by atoms with van der Waals surface area (Å²) in [4.78, 5) is 3.77. The van der Waals surface area contributed by atoms with Crippen molar-refractivity contribution >= 4 is 0 Å². The van der Waals surface area contributed by atoms with Crippen LogP contribution in [-0.4, -0.2) is 11.0 Å². The molecule has 0 saturated heterocycles. The molecule has 1 rings (SSSR count). The Kier molecular flexibility index (Phi) is 3.83. The molecule has 0 radical (unpaired) electrons. The molecule has 0 aliphatic rings. The molecule has 0 aromatic carbocycles. The number of halogens is 1. The van der Waals surface area contributed by atoms with Crippen LogP contribution in [0.25, 0.3) is 0 Å². The molecule has 0 aliphatic carbocycles. The van der Waals surface area contributed by atoms with Crippen LogP contribution >= 0.6 is 0 Å². The summed E-state index contributed by atoms with van der Waals surface area (Å²) in [5.41, 5.74) is 0.889. The molecule has 0 saturated carbocycles. The van der Waals surface area contributed by atoms with Gasteiger partial charge in [0.05, 0.1) is 6.20 Å². The van der Waals surface area contributed by atoms with Crippen LogP contribution in [-0.2, 0) is 6.54 Å². The lowest BCUT2D eigenvalue weighted by molar-refractivity contribution is 0.530. The molecule has 2 nitrogen and oxygen atoms in total. The van der Waals surface area contributed by atoms with Crippen molar-refractivity contribution in [3.05, 3.63) is 29.8 Å². The van der Waals surface area contributed by atoms with E-state index in [1.807, 2.05) is 0 Å². The Morgan fingerprint density at radius 3 is 2.92 bits per heavy atom. The maximum absolute atomic E-state index is 12.7. The fourth-order valence-electron chi connectivity index (χ4n) is 0.989. The summed E-state index contributed by atoms with van der Waals surface area (Å²) in [6.45, 7) is 4.90. The van der Waals surface area contributed by atoms with Gasteiger partial charge in [-0.05, 0) is 25.0 Å². The van der Waals surface area contributed by atoms with Gasteiger partial charge >= 0.3 is 0 Å². The third kappa shape index (κ3) is 3.51. The largest absolute Gasteiger partial charge is 0.310 e. The second kappa shape index (κ2) is 4.92. The summed E-state index contributed by atoms with van der Waals surface area (Å²) in [7, 11) is 0. The van der Waals surface area contributed by atoms with Crippen LogP contribution in [0.2, 0.25) is 0 Å². The monoisotopic (exact) mass is 182 g/mol. The summed E-state index contributed by atoms with van der Waals surface area (Å²) >= 11 is 0. The third-order valence-electron chi connectivity index (χ3n) is 2.03. The molecular formula is C10H15FN2. The molecule has 1 aromatic heterocycles. The lowest BCUT2D eigenvalue weighted by Crippen LogP contribution is -2.24. The lowest BCUT2D eigenvalue weighted by Gasteiger charge is -2.10. The van der Waals surface area contributed by atoms with Crippen LogP contribution in [0.15, 0.2) is 18.5 Å². The predicted molar refractivity (Wildman–Crippen MR) is 50.8 cm³/mol. The van der Waals surface area contributed by atoms with E-state index >= 15 is 0 Å². The zero-order valence-corrected chi connectivity index (χ0v) is 8.05. The molecule has 72 valence electrons. The predicted octanol–water partition coefficient (Wildman–Crippen LogP) is 2.11. The molecular weight excluding hydrogens is 167 g/mol. The van der Waals surface area contributed by atoms with Crippen molar-refractivity contribution in [2.75, 3.05) is 0 Å². The Morgan fingerprint density at radius 2 is 2.31 bits per heavy atom. The van der Waals surface area contributed by atoms with E-state index in [1.165, 1.54) is 12.3 Å². The van der Waals surface area contributed by atoms with Crippen LogP contribution in [0.3, 0.4) is 0 Å². The van der Waals surface area contributed by atoms with Crippen molar-refractivity contribution in [2.24, 2.45) is 0 Å². The third-order valence-corrected chi connectivity index (χ3v) is 2.03. The van der Waals surface area contributed by atoms with E-state index in [0.29, 0.717) is 12.6 Å². The van der Waals surface area contributed by atoms with Gasteiger partial charge in [0.25, 0.3) is 0 Å². The number of rotatable bonds is 4. The fraction of sp³-hybridized carbons (Fsp3) is 0.500. The van der Waals surface area contributed by atoms with E-state index in [1.54, 1.807) is 6.20 Å². The molecule has 1 aromatic rings. The first kappa shape index (κ1) is 10.1. The Labute approximate surface area is 78.2 Å². The van der Waals surface area contributed by atoms with Crippen LogP contribution in [0, 0.1) is 5.82 Å². The van der Waals surface area contributed by atoms with E-state index < -0.39 is 0 Å². The average molecular weight is 182 g/mol. The summed E-state index contributed by atoms with van der Waals surface area (Å²) in [5, 5.41) is 3.27. The van der Waals surface area contributed by atoms with Crippen molar-refractivity contribution in [3.8, 4) is 0 Å². The second-order valence-corrected chi connectivity index (χ2v) is 3.20. The zero-order chi connectivity index (χ0) is 9.68. The molecule has 1 unspecified atom stereocenters. The van der Waals surface area contributed by atoms with Crippen molar-refractivity contribution < 1.29 is 4.39 Å². The highest BCUT2D eigenvalue weighted by Crippen LogP contribution is 2.01. The maximum atomic E-state index is 12.7. The van der Waals surface area contributed by atoms with Crippen molar-refractivity contribution in [1.29, 1.82) is 0 Å². The van der Waals surface area contributed by atoms with Gasteiger partial charge < -0.3 is 5.32 Å². The molecule has 3 heteroatoms. The first-order valence-corrected chi connectivity index (χ1v) is 4.55. The molecule has 0 amide bonds. The van der Waals surface area contributed by atoms with Gasteiger partial charge in [0.1, 0.15) is 5.82 Å². The number of aromatic nitrogens is 1. The standard InChI is InChI=1S/C10H15FN2/c1-3-8(2)13-6-9-4-10(11)7-12-5-9/h4-5,7-8,13H,3,6H2,1-2H3. The van der Waals surface area contributed by atoms with Gasteiger partial charge in [-0.15, -0.1) is 0 Å². The molecule has 1 atom stereocenters. The summed E-state index contributed by atoms with van der Waals surface area (Å²) < 4.78 is 12.7. The smallest absolute Gasteiger partial charge is 0.141 e. The lowest BCUT2D eigenvalue weighted by atomic mass is 10.2. The van der Waals surface area contributed by atoms with E-state index in [-0.39, 0.29) is 5.82 Å². The Morgan fingerprint density at radius 1 is 1.54 bits per heavy atom. The van der Waals surface area contributed by atoms with Crippen molar-refractivity contribution in [2.45, 2.75) is 32.9 Å². The van der Waals surface area contributed by atoms with Gasteiger partial charge in [-0.2, -0.15) is 0 Å². The summed E-state index contributed by atoms with van der Waals surface area (Å²) in [5.74, 6) is -0.275. The van der Waals surface area contributed by atoms with Gasteiger partial charge in [-0.1, -0.05) is 6.92 Å². The van der Waals surface area contributed by atoms with Crippen molar-refractivity contribution in [3.63, 3.8) is 0 Å². The summed E-state index contributed by atoms with van der Waals surface area (Å²) in [6.07, 6.45) is 3.97. The highest BCUT2D eigenvalue weighted by atomic mass is 19.1. The molecule has 1 heterocycles. The summed E-state index contributed by atoms with van der Waals surface area (Å²) in [6, 6.07) is 1.96. The average Bonchev–Trinajstić information content (AvgIpc) is 2.14. The van der Waals surface area contributed by atoms with Crippen molar-refractivity contribution in [1.82, 2.24) is 10.3 Å². The van der Waals surface area contributed by atoms with Gasteiger partial charge in [-0.3, -0.25) is 4.98 Å². The van der Waals surface area contributed by atoms with E-state index in [2.05, 4.69) is 24.1 Å². The van der Waals surface area contributed by atoms with Crippen LogP contribution in [0.4, 0.5) is 4.39 Å². The minimum atomic E-state index is -0.275. The quantitative estimate of drug-likeness (QED) is 0.771. The van der Waals surface area contributed by atoms with E-state index in [9.17, 15) is 4.39 Å². The van der Waals surface area contributed by atoms with Gasteiger partial charge in [0, 0.05) is 18.8 Å². The molecule has 1 N–H and O–H groups in total. The normalized spacial score (nSPS) is 12.8. The number of hydrogen-bond donors (Lipinski definition) is 1. The minimum absolute atomic E-state index is 0.275.